The van der Waals surface area contributed by atoms with Gasteiger partial charge in [0.1, 0.15) is 0 Å². The van der Waals surface area contributed by atoms with Gasteiger partial charge in [-0.05, 0) is 15.9 Å². The lowest BCUT2D eigenvalue weighted by atomic mass is 10.5. The highest BCUT2D eigenvalue weighted by atomic mass is 79.9. The van der Waals surface area contributed by atoms with E-state index in [2.05, 4.69) is 26.1 Å². The van der Waals surface area contributed by atoms with Gasteiger partial charge >= 0.3 is 0 Å². The Hall–Kier alpha value is -0.210. The van der Waals surface area contributed by atoms with E-state index < -0.39 is 9.73 Å². The second kappa shape index (κ2) is 3.74. The van der Waals surface area contributed by atoms with E-state index in [9.17, 15) is 4.21 Å². The smallest absolute Gasteiger partial charge is 0.209 e. The average Bonchev–Trinajstić information content (AvgIpc) is 2.52. The van der Waals surface area contributed by atoms with E-state index in [0.29, 0.717) is 24.6 Å². The maximum absolute atomic E-state index is 11.4. The fraction of sp³-hybridized carbons (Fsp3) is 0.667. The Balaban J connectivity index is 2.09. The van der Waals surface area contributed by atoms with Gasteiger partial charge in [-0.15, -0.1) is 10.2 Å². The number of hydrogen-bond donors (Lipinski definition) is 1. The van der Waals surface area contributed by atoms with Crippen LogP contribution in [0.1, 0.15) is 0 Å². The minimum absolute atomic E-state index is 0.435. The third-order valence-corrected chi connectivity index (χ3v) is 5.14. The summed E-state index contributed by atoms with van der Waals surface area (Å²) in [7, 11) is -2.31. The number of aromatic nitrogens is 2. The van der Waals surface area contributed by atoms with Gasteiger partial charge in [-0.3, -0.25) is 4.78 Å². The monoisotopic (exact) mass is 296 g/mol. The van der Waals surface area contributed by atoms with Crippen LogP contribution in [0.15, 0.2) is 3.92 Å². The van der Waals surface area contributed by atoms with Crippen LogP contribution in [0.5, 0.6) is 0 Å². The maximum Gasteiger partial charge on any atom is 0.209 e. The number of nitrogens with one attached hydrogen (secondary N) is 1. The summed E-state index contributed by atoms with van der Waals surface area (Å²) in [6, 6.07) is 0. The summed E-state index contributed by atoms with van der Waals surface area (Å²) in [6.45, 7) is 1.29. The molecule has 0 aromatic carbocycles. The summed E-state index contributed by atoms with van der Waals surface area (Å²) < 4.78 is 19.6. The molecule has 1 aromatic heterocycles. The topological polar surface area (TPSA) is 69.9 Å². The van der Waals surface area contributed by atoms with E-state index in [0.717, 1.165) is 9.05 Å². The molecule has 1 aromatic rings. The van der Waals surface area contributed by atoms with E-state index in [1.165, 1.54) is 11.3 Å². The summed E-state index contributed by atoms with van der Waals surface area (Å²) in [6.07, 6.45) is 0. The van der Waals surface area contributed by atoms with Crippen molar-refractivity contribution < 1.29 is 4.21 Å². The van der Waals surface area contributed by atoms with Crippen molar-refractivity contribution in [2.75, 3.05) is 29.5 Å². The van der Waals surface area contributed by atoms with Crippen molar-refractivity contribution in [3.05, 3.63) is 3.92 Å². The lowest BCUT2D eigenvalue weighted by Gasteiger charge is -2.26. The molecule has 1 aliphatic rings. The van der Waals surface area contributed by atoms with Crippen molar-refractivity contribution in [1.82, 2.24) is 10.2 Å². The number of halogens is 1. The van der Waals surface area contributed by atoms with Gasteiger partial charge in [0.15, 0.2) is 3.92 Å². The van der Waals surface area contributed by atoms with Crippen molar-refractivity contribution in [1.29, 1.82) is 4.78 Å². The Morgan fingerprint density at radius 2 is 2.07 bits per heavy atom. The molecule has 2 heterocycles. The van der Waals surface area contributed by atoms with Crippen LogP contribution >= 0.6 is 27.3 Å². The molecule has 0 radical (unpaired) electrons. The van der Waals surface area contributed by atoms with Crippen LogP contribution in [-0.4, -0.2) is 39.0 Å². The first-order valence-corrected chi connectivity index (χ1v) is 7.55. The number of hydrogen-bond acceptors (Lipinski definition) is 6. The highest BCUT2D eigenvalue weighted by Crippen LogP contribution is 2.25. The molecule has 8 heteroatoms. The van der Waals surface area contributed by atoms with Crippen molar-refractivity contribution in [3.8, 4) is 0 Å². The molecule has 1 aliphatic heterocycles. The Bertz CT molecular complexity index is 415. The van der Waals surface area contributed by atoms with Gasteiger partial charge in [0.05, 0.1) is 0 Å². The molecule has 0 saturated carbocycles. The average molecular weight is 297 g/mol. The van der Waals surface area contributed by atoms with E-state index in [-0.39, 0.29) is 0 Å². The van der Waals surface area contributed by atoms with Gasteiger partial charge in [0.25, 0.3) is 0 Å². The fourth-order valence-electron chi connectivity index (χ4n) is 1.25. The largest absolute Gasteiger partial charge is 0.345 e. The zero-order valence-corrected chi connectivity index (χ0v) is 10.5. The van der Waals surface area contributed by atoms with E-state index in [4.69, 9.17) is 4.78 Å². The van der Waals surface area contributed by atoms with Crippen LogP contribution in [0, 0.1) is 4.78 Å². The van der Waals surface area contributed by atoms with Gasteiger partial charge in [0, 0.05) is 34.3 Å². The third-order valence-electron chi connectivity index (χ3n) is 2.04. The molecular formula is C6H9BrN4OS2. The molecule has 2 rings (SSSR count). The summed E-state index contributed by atoms with van der Waals surface area (Å²) in [5, 5.41) is 8.67. The highest BCUT2D eigenvalue weighted by molar-refractivity contribution is 9.11. The summed E-state index contributed by atoms with van der Waals surface area (Å²) in [4.78, 5) is 2.03. The maximum atomic E-state index is 11.4. The second-order valence-electron chi connectivity index (χ2n) is 3.04. The summed E-state index contributed by atoms with van der Waals surface area (Å²) >= 11 is 4.71. The Morgan fingerprint density at radius 3 is 2.57 bits per heavy atom. The van der Waals surface area contributed by atoms with Gasteiger partial charge in [-0.2, -0.15) is 0 Å². The molecule has 78 valence electrons. The minimum atomic E-state index is -2.31. The molecule has 0 spiro atoms. The van der Waals surface area contributed by atoms with Crippen LogP contribution in [0.2, 0.25) is 0 Å². The standard InChI is InChI=1S/C6H9BrN4OS2/c7-5-9-10-6(13-5)11-1-3-14(8,12)4-2-11/h8H,1-4H2. The molecule has 5 nitrogen and oxygen atoms in total. The van der Waals surface area contributed by atoms with Crippen LogP contribution < -0.4 is 4.90 Å². The van der Waals surface area contributed by atoms with E-state index in [1.807, 2.05) is 4.90 Å². The lowest BCUT2D eigenvalue weighted by molar-refractivity contribution is 0.663. The first-order valence-electron chi connectivity index (χ1n) is 4.05. The molecule has 0 unspecified atom stereocenters. The fourth-order valence-corrected chi connectivity index (χ4v) is 3.62. The zero-order valence-electron chi connectivity index (χ0n) is 7.27. The van der Waals surface area contributed by atoms with Crippen LogP contribution in [0.3, 0.4) is 0 Å². The normalized spacial score (nSPS) is 21.1. The number of rotatable bonds is 1. The van der Waals surface area contributed by atoms with Gasteiger partial charge in [-0.25, -0.2) is 4.21 Å². The molecule has 0 bridgehead atoms. The van der Waals surface area contributed by atoms with Crippen LogP contribution in [0.25, 0.3) is 0 Å². The third kappa shape index (κ3) is 2.23. The molecule has 0 atom stereocenters. The Kier molecular flexibility index (Phi) is 2.76. The van der Waals surface area contributed by atoms with Crippen LogP contribution in [-0.2, 0) is 9.73 Å². The van der Waals surface area contributed by atoms with Gasteiger partial charge < -0.3 is 4.90 Å². The summed E-state index contributed by atoms with van der Waals surface area (Å²) in [5.74, 6) is 0.869. The molecule has 1 fully saturated rings. The Labute approximate surface area is 94.6 Å². The lowest BCUT2D eigenvalue weighted by Crippen LogP contribution is -2.39. The minimum Gasteiger partial charge on any atom is -0.345 e. The quantitative estimate of drug-likeness (QED) is 0.844. The first kappa shape index (κ1) is 10.3. The van der Waals surface area contributed by atoms with E-state index in [1.54, 1.807) is 0 Å². The predicted octanol–water partition coefficient (Wildman–Crippen LogP) is 1.17. The molecular weight excluding hydrogens is 288 g/mol. The number of anilines is 1. The Morgan fingerprint density at radius 1 is 1.43 bits per heavy atom. The van der Waals surface area contributed by atoms with Crippen molar-refractivity contribution in [3.63, 3.8) is 0 Å². The molecule has 14 heavy (non-hydrogen) atoms. The van der Waals surface area contributed by atoms with Crippen LogP contribution in [0.4, 0.5) is 5.13 Å². The second-order valence-corrected chi connectivity index (χ2v) is 7.72. The summed E-state index contributed by atoms with van der Waals surface area (Å²) in [5.41, 5.74) is 0. The SMILES string of the molecule is N=S1(=O)CCN(c2nnc(Br)s2)CC1. The van der Waals surface area contributed by atoms with Crippen molar-refractivity contribution in [2.24, 2.45) is 0 Å². The van der Waals surface area contributed by atoms with Gasteiger partial charge in [-0.1, -0.05) is 11.3 Å². The highest BCUT2D eigenvalue weighted by Gasteiger charge is 2.21. The van der Waals surface area contributed by atoms with Crippen molar-refractivity contribution in [2.45, 2.75) is 0 Å². The molecule has 1 saturated heterocycles. The number of nitrogens with zero attached hydrogens (tertiary/aromatic N) is 3. The first-order chi connectivity index (χ1) is 6.57. The zero-order chi connectivity index (χ0) is 10.2. The molecule has 1 N–H and O–H groups in total. The van der Waals surface area contributed by atoms with Crippen molar-refractivity contribution >= 4 is 42.1 Å². The predicted molar refractivity (Wildman–Crippen MR) is 60.4 cm³/mol. The van der Waals surface area contributed by atoms with Gasteiger partial charge in [0.2, 0.25) is 5.13 Å². The molecule has 0 aliphatic carbocycles. The van der Waals surface area contributed by atoms with E-state index >= 15 is 0 Å². The molecule has 0 amide bonds.